The van der Waals surface area contributed by atoms with Crippen molar-refractivity contribution < 1.29 is 133 Å². The maximum atomic E-state index is 13.0. The third-order valence-corrected chi connectivity index (χ3v) is 19.9. The molecule has 16 aromatic rings. The molecule has 18 rings (SSSR count). The lowest BCUT2D eigenvalue weighted by Gasteiger charge is -2.24. The molecule has 0 bridgehead atoms. The zero-order chi connectivity index (χ0) is 104. The summed E-state index contributed by atoms with van der Waals surface area (Å²) < 4.78 is 239. The van der Waals surface area contributed by atoms with E-state index in [1.807, 2.05) is 0 Å². The van der Waals surface area contributed by atoms with Crippen LogP contribution in [0.5, 0.6) is 34.5 Å². The lowest BCUT2D eigenvalue weighted by Crippen LogP contribution is -2.28. The van der Waals surface area contributed by atoms with E-state index >= 15 is 0 Å². The average molecular weight is 2040 g/mol. The third-order valence-electron chi connectivity index (χ3n) is 19.9. The summed E-state index contributed by atoms with van der Waals surface area (Å²) >= 11 is 0. The maximum absolute atomic E-state index is 13.0. The molecule has 0 aliphatic carbocycles. The van der Waals surface area contributed by atoms with Crippen molar-refractivity contribution >= 4 is 115 Å². The quantitative estimate of drug-likeness (QED) is 0.0209. The van der Waals surface area contributed by atoms with Crippen molar-refractivity contribution in [1.82, 2.24) is 103 Å². The monoisotopic (exact) mass is 2040 g/mol. The molecule has 1 unspecified atom stereocenters. The number of nitrogens with two attached hydrogens (primary N) is 5. The van der Waals surface area contributed by atoms with Crippen LogP contribution in [-0.2, 0) is 40.4 Å². The number of hydrogen-bond acceptors (Lipinski definition) is 35. The van der Waals surface area contributed by atoms with E-state index in [9.17, 15) is 89.8 Å². The number of anilines is 10. The van der Waals surface area contributed by atoms with Gasteiger partial charge in [0.05, 0.1) is 70.2 Å². The number of aliphatic hydroxyl groups excluding tert-OH is 2. The van der Waals surface area contributed by atoms with E-state index in [1.54, 1.807) is 30.5 Å². The van der Waals surface area contributed by atoms with Crippen molar-refractivity contribution in [3.8, 4) is 34.5 Å². The number of ether oxygens (including phenoxy) is 7. The standard InChI is InChI=1S/C18H12F3N7O2.2C18H17F3N6O3.C16H15F3N6O3.C15H13F3N6O3/c19-18(20,21)13-4-7-28-16(26-13)14(15(22)27-28)17(29)25-11-9-24-6-3-12(11)30-10-2-1-5-23-8-10;19-18(20,21)13-2-6-27-16(25-13)14(15(22)26-27)17(28)24-11-9-23-5-1-12(11)30-10-3-7-29-8-4-10;19-18(20,21)13-4-6-27-16(25-13)14(15(22)26-27)17(28)24-11-8-23-5-3-12(11)30-10-2-1-7-29-9-10;17-16(18,19)11-3-5-25-14(23-11)12(13(20)24-25)15(27)22-9-8-21-4-2-10(9)28-7-1-6-26;16-15(17,18)10-2-4-24-13(22-10)11(12(19)23-24)14(26)21-8-7-20-3-1-9(8)27-6-5-25/h1-9H,(H2,22,27)(H,25,29);1-2,5-6,9-10H,3-4,7-8H2,(H2,22,26)(H,24,28);3-6,8,10H,1-2,7,9H2,(H2,22,26)(H,24,28);2-5,8,26H,1,6-7H2,(H2,20,24)(H,22,27);1-4,7,25H,5-6H2,(H2,19,23)(H,21,26). The van der Waals surface area contributed by atoms with Gasteiger partial charge in [-0.2, -0.15) is 65.9 Å². The van der Waals surface area contributed by atoms with Crippen LogP contribution in [0.1, 0.15) is 112 Å². The van der Waals surface area contributed by atoms with Crippen molar-refractivity contribution in [1.29, 1.82) is 0 Å². The number of alkyl halides is 15. The Hall–Kier alpha value is -17.9. The molecule has 0 radical (unpaired) electrons. The molecular weight excluding hydrogens is 1960 g/mol. The molecule has 2 aliphatic heterocycles. The molecule has 1 atom stereocenters. The first-order valence-corrected chi connectivity index (χ1v) is 42.0. The largest absolute Gasteiger partial charge is 0.491 e. The summed E-state index contributed by atoms with van der Waals surface area (Å²) in [5, 5.41) is 49.4. The summed E-state index contributed by atoms with van der Waals surface area (Å²) in [6.07, 6.45) is 1.83. The van der Waals surface area contributed by atoms with Gasteiger partial charge >= 0.3 is 30.9 Å². The summed E-state index contributed by atoms with van der Waals surface area (Å²) in [5.74, 6) is -3.53. The van der Waals surface area contributed by atoms with Crippen LogP contribution in [0.3, 0.4) is 0 Å². The van der Waals surface area contributed by atoms with E-state index in [4.69, 9.17) is 72.0 Å². The first kappa shape index (κ1) is 103. The molecule has 145 heavy (non-hydrogen) atoms. The first-order valence-electron chi connectivity index (χ1n) is 42.0. The molecule has 0 aromatic carbocycles. The second-order valence-electron chi connectivity index (χ2n) is 30.0. The fraction of sp³-hybridized carbons (Fsp3) is 0.235. The smallest absolute Gasteiger partial charge is 0.433 e. The molecule has 0 saturated carbocycles. The molecule has 45 nitrogen and oxygen atoms in total. The number of rotatable bonds is 23. The van der Waals surface area contributed by atoms with Crippen molar-refractivity contribution in [3.63, 3.8) is 0 Å². The summed E-state index contributed by atoms with van der Waals surface area (Å²) in [5.41, 5.74) is 20.7. The number of nitrogens with zero attached hydrogens (tertiary/aromatic N) is 21. The molecule has 16 aromatic heterocycles. The Morgan fingerprint density at radius 2 is 0.648 bits per heavy atom. The minimum atomic E-state index is -4.69. The Balaban J connectivity index is 0.000000144. The Morgan fingerprint density at radius 1 is 0.352 bits per heavy atom. The Kier molecular flexibility index (Phi) is 31.5. The van der Waals surface area contributed by atoms with Gasteiger partial charge in [-0.1, -0.05) is 0 Å². The third kappa shape index (κ3) is 25.3. The number of aromatic nitrogens is 21. The number of carbonyl (C=O) groups excluding carboxylic acids is 5. The van der Waals surface area contributed by atoms with Crippen LogP contribution < -0.4 is 78.9 Å². The van der Waals surface area contributed by atoms with E-state index in [2.05, 4.69) is 107 Å². The molecule has 5 amide bonds. The number of pyridine rings is 6. The van der Waals surface area contributed by atoms with E-state index in [0.29, 0.717) is 62.9 Å². The summed E-state index contributed by atoms with van der Waals surface area (Å²) in [6, 6.07) is 14.6. The molecule has 758 valence electrons. The Bertz CT molecular complexity index is 7190. The maximum Gasteiger partial charge on any atom is 0.433 e. The summed E-state index contributed by atoms with van der Waals surface area (Å²) in [4.78, 5) is 105. The van der Waals surface area contributed by atoms with Crippen LogP contribution in [0, 0.1) is 0 Å². The van der Waals surface area contributed by atoms with E-state index in [0.717, 1.165) is 96.7 Å². The van der Waals surface area contributed by atoms with Gasteiger partial charge in [0.25, 0.3) is 29.5 Å². The molecule has 2 fully saturated rings. The fourth-order valence-electron chi connectivity index (χ4n) is 13.4. The number of halogens is 15. The zero-order valence-electron chi connectivity index (χ0n) is 73.8. The van der Waals surface area contributed by atoms with E-state index in [1.165, 1.54) is 86.4 Å². The van der Waals surface area contributed by atoms with Gasteiger partial charge in [0.2, 0.25) is 0 Å². The molecule has 2 aliphatic rings. The minimum Gasteiger partial charge on any atom is -0.491 e. The Labute approximate surface area is 800 Å². The molecule has 60 heteroatoms. The van der Waals surface area contributed by atoms with Crippen molar-refractivity contribution in [2.45, 2.75) is 75.2 Å². The molecule has 0 spiro atoms. The van der Waals surface area contributed by atoms with E-state index < -0.39 is 88.9 Å². The van der Waals surface area contributed by atoms with Gasteiger partial charge in [0.15, 0.2) is 63.1 Å². The van der Waals surface area contributed by atoms with Gasteiger partial charge in [-0.05, 0) is 55.3 Å². The highest BCUT2D eigenvalue weighted by Gasteiger charge is 2.40. The molecule has 2 saturated heterocycles. The van der Waals surface area contributed by atoms with Gasteiger partial charge in [-0.25, -0.2) is 47.5 Å². The van der Waals surface area contributed by atoms with Crippen LogP contribution >= 0.6 is 0 Å². The summed E-state index contributed by atoms with van der Waals surface area (Å²) in [6.45, 7) is 2.08. The van der Waals surface area contributed by atoms with Crippen molar-refractivity contribution in [2.24, 2.45) is 0 Å². The highest BCUT2D eigenvalue weighted by molar-refractivity contribution is 6.15. The molecule has 17 N–H and O–H groups in total. The lowest BCUT2D eigenvalue weighted by atomic mass is 10.1. The highest BCUT2D eigenvalue weighted by Crippen LogP contribution is 2.39. The Morgan fingerprint density at radius 3 is 0.945 bits per heavy atom. The van der Waals surface area contributed by atoms with Gasteiger partial charge in [0.1, 0.15) is 132 Å². The van der Waals surface area contributed by atoms with Crippen LogP contribution in [0.4, 0.5) is 123 Å². The van der Waals surface area contributed by atoms with Crippen molar-refractivity contribution in [3.05, 3.63) is 234 Å². The van der Waals surface area contributed by atoms with Crippen molar-refractivity contribution in [2.75, 3.05) is 108 Å². The number of amides is 5. The fourth-order valence-corrected chi connectivity index (χ4v) is 13.4. The lowest BCUT2D eigenvalue weighted by molar-refractivity contribution is -0.141. The van der Waals surface area contributed by atoms with Crippen LogP contribution in [0.15, 0.2) is 178 Å². The van der Waals surface area contributed by atoms with E-state index in [-0.39, 0.29) is 169 Å². The number of carbonyl (C=O) groups is 5. The second-order valence-corrected chi connectivity index (χ2v) is 30.0. The predicted molar refractivity (Wildman–Crippen MR) is 476 cm³/mol. The van der Waals surface area contributed by atoms with Gasteiger partial charge < -0.3 is 98.6 Å². The molecule has 18 heterocycles. The van der Waals surface area contributed by atoms with Gasteiger partial charge in [-0.15, -0.1) is 25.5 Å². The number of aliphatic hydroxyl groups is 2. The number of hydrogen-bond donors (Lipinski definition) is 12. The van der Waals surface area contributed by atoms with Gasteiger partial charge in [0, 0.05) is 131 Å². The topological polar surface area (TPSA) is 609 Å². The first-order chi connectivity index (χ1) is 69.1. The van der Waals surface area contributed by atoms with Gasteiger partial charge in [-0.3, -0.25) is 53.9 Å². The van der Waals surface area contributed by atoms with Crippen LogP contribution in [0.25, 0.3) is 28.2 Å². The SMILES string of the molecule is Nc1nn2ccc(C(F)(F)F)nc2c1C(=O)Nc1cnccc1OC1CCCOC1.Nc1nn2ccc(C(F)(F)F)nc2c1C(=O)Nc1cnccc1OC1CCOCC1.Nc1nn2ccc(C(F)(F)F)nc2c1C(=O)Nc1cnccc1OCCCO.Nc1nn2ccc(C(F)(F)F)nc2c1C(=O)Nc1cnccc1OCCO.Nc1nn2ccc(C(F)(F)F)nc2c1C(=O)Nc1cnccc1Oc1cccnc1. The number of fused-ring (bicyclic) bond motifs is 5. The average Bonchev–Trinajstić information content (AvgIpc) is 1.65. The number of nitrogens with one attached hydrogen (secondary N) is 5. The normalized spacial score (nSPS) is 13.5. The zero-order valence-corrected chi connectivity index (χ0v) is 73.8. The van der Waals surface area contributed by atoms with Crippen LogP contribution in [0.2, 0.25) is 0 Å². The highest BCUT2D eigenvalue weighted by atomic mass is 19.4. The minimum absolute atomic E-state index is 0.0256. The molecular formula is C85H74F15N31O14. The predicted octanol–water partition coefficient (Wildman–Crippen LogP) is 11.3. The number of nitrogen functional groups attached to an aromatic ring is 5. The summed E-state index contributed by atoms with van der Waals surface area (Å²) in [7, 11) is 0. The second kappa shape index (κ2) is 44.3. The van der Waals surface area contributed by atoms with Crippen LogP contribution in [-0.4, -0.2) is 208 Å².